The Morgan fingerprint density at radius 3 is 2.61 bits per heavy atom. The van der Waals surface area contributed by atoms with Crippen molar-refractivity contribution in [3.05, 3.63) is 0 Å². The molecule has 1 amide bonds. The monoisotopic (exact) mass is 257 g/mol. The van der Waals surface area contributed by atoms with E-state index in [9.17, 15) is 9.59 Å². The summed E-state index contributed by atoms with van der Waals surface area (Å²) < 4.78 is 5.55. The summed E-state index contributed by atoms with van der Waals surface area (Å²) in [5.41, 5.74) is 0. The number of amides is 1. The topological polar surface area (TPSA) is 66.8 Å². The third-order valence-corrected chi connectivity index (χ3v) is 3.29. The van der Waals surface area contributed by atoms with Gasteiger partial charge in [0.05, 0.1) is 18.8 Å². The Morgan fingerprint density at radius 2 is 2.00 bits per heavy atom. The van der Waals surface area contributed by atoms with Crippen LogP contribution in [-0.4, -0.2) is 47.2 Å². The molecule has 104 valence electrons. The van der Waals surface area contributed by atoms with Gasteiger partial charge in [0.25, 0.3) is 0 Å². The molecular weight excluding hydrogens is 234 g/mol. The Hall–Kier alpha value is -1.10. The number of morpholine rings is 1. The van der Waals surface area contributed by atoms with Crippen molar-refractivity contribution in [2.24, 2.45) is 0 Å². The SMILES string of the molecule is CCC1COC(C)CN1C(=O)CCCCC(=O)O. The first-order chi connectivity index (χ1) is 8.54. The fourth-order valence-electron chi connectivity index (χ4n) is 2.18. The fourth-order valence-corrected chi connectivity index (χ4v) is 2.18. The number of rotatable bonds is 6. The van der Waals surface area contributed by atoms with E-state index in [4.69, 9.17) is 9.84 Å². The zero-order valence-corrected chi connectivity index (χ0v) is 11.2. The summed E-state index contributed by atoms with van der Waals surface area (Å²) in [6.45, 7) is 5.28. The Kier molecular flexibility index (Phi) is 6.12. The van der Waals surface area contributed by atoms with Gasteiger partial charge in [0.15, 0.2) is 0 Å². The molecule has 0 saturated carbocycles. The normalized spacial score (nSPS) is 24.0. The van der Waals surface area contributed by atoms with Gasteiger partial charge in [0.2, 0.25) is 5.91 Å². The molecule has 0 radical (unpaired) electrons. The van der Waals surface area contributed by atoms with Gasteiger partial charge in [0.1, 0.15) is 0 Å². The highest BCUT2D eigenvalue weighted by Gasteiger charge is 2.28. The Bertz CT molecular complexity index is 293. The highest BCUT2D eigenvalue weighted by molar-refractivity contribution is 5.76. The molecule has 0 aromatic carbocycles. The second-order valence-corrected chi connectivity index (χ2v) is 4.85. The molecule has 1 heterocycles. The van der Waals surface area contributed by atoms with Gasteiger partial charge in [-0.15, -0.1) is 0 Å². The highest BCUT2D eigenvalue weighted by Crippen LogP contribution is 2.16. The van der Waals surface area contributed by atoms with Crippen LogP contribution >= 0.6 is 0 Å². The van der Waals surface area contributed by atoms with E-state index in [1.165, 1.54) is 0 Å². The zero-order valence-electron chi connectivity index (χ0n) is 11.2. The lowest BCUT2D eigenvalue weighted by atomic mass is 10.1. The Morgan fingerprint density at radius 1 is 1.33 bits per heavy atom. The highest BCUT2D eigenvalue weighted by atomic mass is 16.5. The van der Waals surface area contributed by atoms with E-state index in [1.807, 2.05) is 11.8 Å². The number of aliphatic carboxylic acids is 1. The molecule has 1 fully saturated rings. The molecule has 0 aromatic heterocycles. The van der Waals surface area contributed by atoms with Crippen LogP contribution in [0.5, 0.6) is 0 Å². The predicted octanol–water partition coefficient (Wildman–Crippen LogP) is 1.66. The van der Waals surface area contributed by atoms with Crippen molar-refractivity contribution in [1.29, 1.82) is 0 Å². The minimum Gasteiger partial charge on any atom is -0.481 e. The van der Waals surface area contributed by atoms with Crippen molar-refractivity contribution in [3.8, 4) is 0 Å². The molecule has 1 saturated heterocycles. The molecule has 0 bridgehead atoms. The molecule has 18 heavy (non-hydrogen) atoms. The largest absolute Gasteiger partial charge is 0.481 e. The number of carbonyl (C=O) groups excluding carboxylic acids is 1. The summed E-state index contributed by atoms with van der Waals surface area (Å²) in [6.07, 6.45) is 2.79. The summed E-state index contributed by atoms with van der Waals surface area (Å²) in [5, 5.41) is 8.53. The van der Waals surface area contributed by atoms with Gasteiger partial charge in [-0.3, -0.25) is 9.59 Å². The van der Waals surface area contributed by atoms with E-state index < -0.39 is 5.97 Å². The molecule has 1 N–H and O–H groups in total. The second kappa shape index (κ2) is 7.36. The van der Waals surface area contributed by atoms with Crippen molar-refractivity contribution < 1.29 is 19.4 Å². The van der Waals surface area contributed by atoms with E-state index in [1.54, 1.807) is 0 Å². The van der Waals surface area contributed by atoms with Crippen LogP contribution < -0.4 is 0 Å². The quantitative estimate of drug-likeness (QED) is 0.735. The first-order valence-electron chi connectivity index (χ1n) is 6.67. The van der Waals surface area contributed by atoms with Crippen LogP contribution in [0.15, 0.2) is 0 Å². The molecule has 0 spiro atoms. The smallest absolute Gasteiger partial charge is 0.303 e. The van der Waals surface area contributed by atoms with Crippen LogP contribution in [0.4, 0.5) is 0 Å². The number of carboxylic acid groups (broad SMARTS) is 1. The minimum atomic E-state index is -0.797. The molecule has 1 rings (SSSR count). The molecule has 5 nitrogen and oxygen atoms in total. The Balaban J connectivity index is 2.35. The maximum absolute atomic E-state index is 12.1. The van der Waals surface area contributed by atoms with Gasteiger partial charge in [0, 0.05) is 19.4 Å². The molecule has 1 aliphatic heterocycles. The molecule has 1 aliphatic rings. The molecule has 2 unspecified atom stereocenters. The number of carboxylic acids is 1. The lowest BCUT2D eigenvalue weighted by molar-refractivity contribution is -0.144. The standard InChI is InChI=1S/C13H23NO4/c1-3-11-9-18-10(2)8-14(11)12(15)6-4-5-7-13(16)17/h10-11H,3-9H2,1-2H3,(H,16,17). The first-order valence-corrected chi connectivity index (χ1v) is 6.67. The number of hydrogen-bond donors (Lipinski definition) is 1. The van der Waals surface area contributed by atoms with E-state index in [-0.39, 0.29) is 24.5 Å². The maximum atomic E-state index is 12.1. The summed E-state index contributed by atoms with van der Waals surface area (Å²) in [5.74, 6) is -0.670. The first kappa shape index (κ1) is 15.0. The van der Waals surface area contributed by atoms with Crippen LogP contribution in [0.25, 0.3) is 0 Å². The van der Waals surface area contributed by atoms with Crippen molar-refractivity contribution in [2.75, 3.05) is 13.2 Å². The van der Waals surface area contributed by atoms with Crippen molar-refractivity contribution in [3.63, 3.8) is 0 Å². The van der Waals surface area contributed by atoms with Gasteiger partial charge in [-0.2, -0.15) is 0 Å². The average Bonchev–Trinajstić information content (AvgIpc) is 2.34. The van der Waals surface area contributed by atoms with E-state index in [0.29, 0.717) is 32.4 Å². The minimum absolute atomic E-state index is 0.0933. The predicted molar refractivity (Wildman–Crippen MR) is 67.3 cm³/mol. The van der Waals surface area contributed by atoms with Crippen LogP contribution in [0.1, 0.15) is 46.0 Å². The van der Waals surface area contributed by atoms with Gasteiger partial charge in [-0.1, -0.05) is 6.92 Å². The van der Waals surface area contributed by atoms with E-state index >= 15 is 0 Å². The van der Waals surface area contributed by atoms with Crippen LogP contribution in [0.3, 0.4) is 0 Å². The number of nitrogens with zero attached hydrogens (tertiary/aromatic N) is 1. The Labute approximate surface area is 108 Å². The van der Waals surface area contributed by atoms with Gasteiger partial charge < -0.3 is 14.7 Å². The van der Waals surface area contributed by atoms with Gasteiger partial charge in [-0.25, -0.2) is 0 Å². The summed E-state index contributed by atoms with van der Waals surface area (Å²) >= 11 is 0. The van der Waals surface area contributed by atoms with Crippen molar-refractivity contribution in [1.82, 2.24) is 4.90 Å². The average molecular weight is 257 g/mol. The molecule has 0 aliphatic carbocycles. The summed E-state index contributed by atoms with van der Waals surface area (Å²) in [4.78, 5) is 24.4. The van der Waals surface area contributed by atoms with Crippen LogP contribution in [-0.2, 0) is 14.3 Å². The van der Waals surface area contributed by atoms with Gasteiger partial charge >= 0.3 is 5.97 Å². The second-order valence-electron chi connectivity index (χ2n) is 4.85. The van der Waals surface area contributed by atoms with Crippen molar-refractivity contribution in [2.45, 2.75) is 58.1 Å². The van der Waals surface area contributed by atoms with E-state index in [2.05, 4.69) is 6.92 Å². The van der Waals surface area contributed by atoms with Crippen LogP contribution in [0.2, 0.25) is 0 Å². The third kappa shape index (κ3) is 4.64. The molecule has 5 heteroatoms. The van der Waals surface area contributed by atoms with E-state index in [0.717, 1.165) is 6.42 Å². The third-order valence-electron chi connectivity index (χ3n) is 3.29. The fraction of sp³-hybridized carbons (Fsp3) is 0.846. The number of ether oxygens (including phenoxy) is 1. The summed E-state index contributed by atoms with van der Waals surface area (Å²) in [6, 6.07) is 0.174. The summed E-state index contributed by atoms with van der Waals surface area (Å²) in [7, 11) is 0. The number of carbonyl (C=O) groups is 2. The van der Waals surface area contributed by atoms with Crippen molar-refractivity contribution >= 4 is 11.9 Å². The molecule has 0 aromatic rings. The van der Waals surface area contributed by atoms with Gasteiger partial charge in [-0.05, 0) is 26.2 Å². The number of hydrogen-bond acceptors (Lipinski definition) is 3. The maximum Gasteiger partial charge on any atom is 0.303 e. The molecule has 2 atom stereocenters. The zero-order chi connectivity index (χ0) is 13.5. The lowest BCUT2D eigenvalue weighted by Crippen LogP contribution is -2.51. The lowest BCUT2D eigenvalue weighted by Gasteiger charge is -2.38. The number of unbranched alkanes of at least 4 members (excludes halogenated alkanes) is 1. The molecular formula is C13H23NO4. The van der Waals surface area contributed by atoms with Crippen LogP contribution in [0, 0.1) is 0 Å².